The van der Waals surface area contributed by atoms with Gasteiger partial charge in [-0.1, -0.05) is 6.07 Å². The van der Waals surface area contributed by atoms with Crippen LogP contribution in [0.25, 0.3) is 16.4 Å². The van der Waals surface area contributed by atoms with E-state index in [4.69, 9.17) is 0 Å². The molecule has 6 nitrogen and oxygen atoms in total. The van der Waals surface area contributed by atoms with Crippen LogP contribution < -0.4 is 5.32 Å². The van der Waals surface area contributed by atoms with Crippen LogP contribution >= 0.6 is 11.3 Å². The molecular weight excluding hydrogens is 353 g/mol. The molecule has 0 atom stereocenters. The maximum atomic E-state index is 13.2. The summed E-state index contributed by atoms with van der Waals surface area (Å²) in [7, 11) is 0. The van der Waals surface area contributed by atoms with Crippen LogP contribution in [-0.4, -0.2) is 25.7 Å². The third-order valence-corrected chi connectivity index (χ3v) is 4.43. The highest BCUT2D eigenvalue weighted by Crippen LogP contribution is 2.25. The molecule has 1 aromatic carbocycles. The minimum atomic E-state index is -0.435. The van der Waals surface area contributed by atoms with E-state index in [0.29, 0.717) is 17.2 Å². The number of anilines is 1. The molecule has 0 radical (unpaired) electrons. The van der Waals surface area contributed by atoms with Gasteiger partial charge in [0.2, 0.25) is 5.82 Å². The number of carbonyl (C=O) groups excluding carboxylic acids is 1. The molecule has 0 aliphatic rings. The summed E-state index contributed by atoms with van der Waals surface area (Å²) in [6.07, 6.45) is 3.16. The smallest absolute Gasteiger partial charge is 0.295 e. The molecule has 3 heterocycles. The van der Waals surface area contributed by atoms with Crippen molar-refractivity contribution in [2.45, 2.75) is 0 Å². The topological polar surface area (TPSA) is 72.7 Å². The molecule has 0 saturated heterocycles. The van der Waals surface area contributed by atoms with Crippen molar-refractivity contribution in [3.05, 3.63) is 77.9 Å². The summed E-state index contributed by atoms with van der Waals surface area (Å²) in [6.45, 7) is 0. The molecule has 0 aliphatic heterocycles. The zero-order valence-corrected chi connectivity index (χ0v) is 14.2. The fourth-order valence-corrected chi connectivity index (χ4v) is 3.06. The summed E-state index contributed by atoms with van der Waals surface area (Å²) in [6, 6.07) is 13.0. The van der Waals surface area contributed by atoms with Gasteiger partial charge in [-0.05, 0) is 47.8 Å². The minimum absolute atomic E-state index is 0.0227. The molecule has 1 N–H and O–H groups in total. The first-order valence-corrected chi connectivity index (χ1v) is 8.57. The van der Waals surface area contributed by atoms with Gasteiger partial charge in [0.25, 0.3) is 5.91 Å². The third-order valence-electron chi connectivity index (χ3n) is 3.56. The lowest BCUT2D eigenvalue weighted by atomic mass is 10.3. The molecule has 1 amide bonds. The van der Waals surface area contributed by atoms with Crippen molar-refractivity contribution in [2.24, 2.45) is 0 Å². The highest BCUT2D eigenvalue weighted by atomic mass is 32.1. The number of hydrogen-bond acceptors (Lipinski definition) is 5. The normalized spacial score (nSPS) is 10.7. The Morgan fingerprint density at radius 1 is 1.08 bits per heavy atom. The minimum Gasteiger partial charge on any atom is -0.319 e. The molecule has 4 aromatic rings. The number of nitrogens with zero attached hydrogens (tertiary/aromatic N) is 4. The summed E-state index contributed by atoms with van der Waals surface area (Å²) in [4.78, 5) is 21.7. The highest BCUT2D eigenvalue weighted by molar-refractivity contribution is 7.13. The quantitative estimate of drug-likeness (QED) is 0.597. The van der Waals surface area contributed by atoms with Crippen LogP contribution in [0.2, 0.25) is 0 Å². The maximum Gasteiger partial charge on any atom is 0.295 e. The van der Waals surface area contributed by atoms with Crippen molar-refractivity contribution in [3.8, 4) is 16.4 Å². The van der Waals surface area contributed by atoms with E-state index in [9.17, 15) is 9.18 Å². The Morgan fingerprint density at radius 3 is 2.54 bits per heavy atom. The van der Waals surface area contributed by atoms with Crippen molar-refractivity contribution < 1.29 is 9.18 Å². The first kappa shape index (κ1) is 16.1. The average molecular weight is 365 g/mol. The molecule has 0 spiro atoms. The number of aromatic nitrogens is 4. The molecular formula is C18H12FN5OS. The number of hydrogen-bond donors (Lipinski definition) is 1. The molecule has 128 valence electrons. The van der Waals surface area contributed by atoms with E-state index in [0.717, 1.165) is 4.88 Å². The second-order valence-corrected chi connectivity index (χ2v) is 6.26. The van der Waals surface area contributed by atoms with Crippen LogP contribution in [0.4, 0.5) is 10.1 Å². The van der Waals surface area contributed by atoms with Gasteiger partial charge in [-0.3, -0.25) is 9.78 Å². The SMILES string of the molecule is O=C(Nc1ccncc1)c1nc(-c2cccs2)n(-c2ccc(F)cc2)n1. The van der Waals surface area contributed by atoms with Gasteiger partial charge < -0.3 is 5.32 Å². The summed E-state index contributed by atoms with van der Waals surface area (Å²) in [5, 5.41) is 8.97. The van der Waals surface area contributed by atoms with Gasteiger partial charge in [0.05, 0.1) is 10.6 Å². The lowest BCUT2D eigenvalue weighted by molar-refractivity contribution is 0.101. The number of thiophene rings is 1. The number of benzene rings is 1. The summed E-state index contributed by atoms with van der Waals surface area (Å²) >= 11 is 1.48. The fourth-order valence-electron chi connectivity index (χ4n) is 2.36. The van der Waals surface area contributed by atoms with Crippen molar-refractivity contribution in [1.29, 1.82) is 0 Å². The Balaban J connectivity index is 1.74. The van der Waals surface area contributed by atoms with E-state index in [2.05, 4.69) is 20.4 Å². The number of halogens is 1. The number of nitrogens with one attached hydrogen (secondary N) is 1. The van der Waals surface area contributed by atoms with E-state index in [1.165, 1.54) is 28.2 Å². The Bertz CT molecular complexity index is 1030. The molecule has 26 heavy (non-hydrogen) atoms. The van der Waals surface area contributed by atoms with Crippen LogP contribution in [0.15, 0.2) is 66.3 Å². The van der Waals surface area contributed by atoms with Crippen molar-refractivity contribution in [3.63, 3.8) is 0 Å². The van der Waals surface area contributed by atoms with E-state index in [1.54, 1.807) is 36.7 Å². The van der Waals surface area contributed by atoms with Gasteiger partial charge in [-0.2, -0.15) is 0 Å². The van der Waals surface area contributed by atoms with Gasteiger partial charge in [-0.15, -0.1) is 16.4 Å². The zero-order chi connectivity index (χ0) is 17.9. The van der Waals surface area contributed by atoms with E-state index in [1.807, 2.05) is 17.5 Å². The van der Waals surface area contributed by atoms with Crippen molar-refractivity contribution in [1.82, 2.24) is 19.7 Å². The molecule has 0 bridgehead atoms. The first-order chi connectivity index (χ1) is 12.7. The Hall–Kier alpha value is -3.39. The Morgan fingerprint density at radius 2 is 1.85 bits per heavy atom. The van der Waals surface area contributed by atoms with Gasteiger partial charge in [0.1, 0.15) is 5.82 Å². The van der Waals surface area contributed by atoms with E-state index < -0.39 is 5.91 Å². The largest absolute Gasteiger partial charge is 0.319 e. The maximum absolute atomic E-state index is 13.2. The summed E-state index contributed by atoms with van der Waals surface area (Å²) in [5.41, 5.74) is 1.21. The first-order valence-electron chi connectivity index (χ1n) is 7.69. The molecule has 8 heteroatoms. The standard InChI is InChI=1S/C18H12FN5OS/c19-12-3-5-14(6-4-12)24-17(15-2-1-11-26-15)22-16(23-24)18(25)21-13-7-9-20-10-8-13/h1-11H,(H,20,21,25). The Kier molecular flexibility index (Phi) is 4.24. The molecule has 4 rings (SSSR count). The number of rotatable bonds is 4. The van der Waals surface area contributed by atoms with Crippen LogP contribution in [0.3, 0.4) is 0 Å². The summed E-state index contributed by atoms with van der Waals surface area (Å²) in [5.74, 6) is -0.238. The van der Waals surface area contributed by atoms with Gasteiger partial charge >= 0.3 is 0 Å². The van der Waals surface area contributed by atoms with Crippen LogP contribution in [0.1, 0.15) is 10.6 Å². The van der Waals surface area contributed by atoms with Crippen molar-refractivity contribution in [2.75, 3.05) is 5.32 Å². The molecule has 0 unspecified atom stereocenters. The predicted octanol–water partition coefficient (Wildman–Crippen LogP) is 3.78. The lowest BCUT2D eigenvalue weighted by Crippen LogP contribution is -2.14. The predicted molar refractivity (Wildman–Crippen MR) is 96.8 cm³/mol. The molecule has 0 aliphatic carbocycles. The fraction of sp³-hybridized carbons (Fsp3) is 0. The van der Waals surface area contributed by atoms with E-state index in [-0.39, 0.29) is 11.6 Å². The van der Waals surface area contributed by atoms with Gasteiger partial charge in [0.15, 0.2) is 5.82 Å². The van der Waals surface area contributed by atoms with Crippen LogP contribution in [-0.2, 0) is 0 Å². The molecule has 0 saturated carbocycles. The number of pyridine rings is 1. The summed E-state index contributed by atoms with van der Waals surface area (Å²) < 4.78 is 14.8. The van der Waals surface area contributed by atoms with Crippen molar-refractivity contribution >= 4 is 22.9 Å². The van der Waals surface area contributed by atoms with Gasteiger partial charge in [0, 0.05) is 18.1 Å². The highest BCUT2D eigenvalue weighted by Gasteiger charge is 2.19. The van der Waals surface area contributed by atoms with Gasteiger partial charge in [-0.25, -0.2) is 14.1 Å². The van der Waals surface area contributed by atoms with Crippen LogP contribution in [0.5, 0.6) is 0 Å². The molecule has 0 fully saturated rings. The lowest BCUT2D eigenvalue weighted by Gasteiger charge is -2.04. The monoisotopic (exact) mass is 365 g/mol. The Labute approximate surface area is 152 Å². The second-order valence-electron chi connectivity index (χ2n) is 5.31. The van der Waals surface area contributed by atoms with E-state index >= 15 is 0 Å². The average Bonchev–Trinajstić information content (AvgIpc) is 3.33. The molecule has 3 aromatic heterocycles. The van der Waals surface area contributed by atoms with Crippen LogP contribution in [0, 0.1) is 5.82 Å². The second kappa shape index (κ2) is 6.85. The number of carbonyl (C=O) groups is 1. The number of amides is 1. The third kappa shape index (κ3) is 3.22. The zero-order valence-electron chi connectivity index (χ0n) is 13.3.